The average Bonchev–Trinajstić information content (AvgIpc) is 3.73. The molecule has 0 aromatic heterocycles. The SMILES string of the molecule is CC.COc1ccc(CC(NC(=O)C(C)NC(=O)CN2CCOCC2)C(=O)NC(CC2=CCCC2)C(=O)C2CO2)cc1. The van der Waals surface area contributed by atoms with Gasteiger partial charge in [-0.3, -0.25) is 24.1 Å². The van der Waals surface area contributed by atoms with Gasteiger partial charge in [0.05, 0.1) is 39.5 Å². The van der Waals surface area contributed by atoms with E-state index in [0.29, 0.717) is 45.1 Å². The Labute approximate surface area is 248 Å². The van der Waals surface area contributed by atoms with Crippen molar-refractivity contribution in [1.29, 1.82) is 0 Å². The first-order valence-electron chi connectivity index (χ1n) is 15.0. The van der Waals surface area contributed by atoms with Crippen LogP contribution in [0.1, 0.15) is 52.0 Å². The molecular formula is C31H46N4O7. The Morgan fingerprint density at radius 1 is 0.976 bits per heavy atom. The van der Waals surface area contributed by atoms with E-state index in [2.05, 4.69) is 22.0 Å². The molecule has 0 saturated carbocycles. The molecule has 11 nitrogen and oxygen atoms in total. The first-order chi connectivity index (χ1) is 20.3. The number of hydrogen-bond donors (Lipinski definition) is 3. The van der Waals surface area contributed by atoms with Gasteiger partial charge in [-0.1, -0.05) is 37.6 Å². The fraction of sp³-hybridized carbons (Fsp3) is 0.613. The van der Waals surface area contributed by atoms with Gasteiger partial charge in [0.1, 0.15) is 23.9 Å². The molecule has 232 valence electrons. The number of nitrogens with zero attached hydrogens (tertiary/aromatic N) is 1. The molecule has 2 aliphatic heterocycles. The summed E-state index contributed by atoms with van der Waals surface area (Å²) in [6.45, 7) is 8.55. The van der Waals surface area contributed by atoms with E-state index in [0.717, 1.165) is 30.4 Å². The van der Waals surface area contributed by atoms with E-state index in [9.17, 15) is 19.2 Å². The Kier molecular flexibility index (Phi) is 13.4. The van der Waals surface area contributed by atoms with Crippen molar-refractivity contribution in [3.05, 3.63) is 41.5 Å². The number of rotatable bonds is 14. The fourth-order valence-electron chi connectivity index (χ4n) is 4.94. The van der Waals surface area contributed by atoms with Gasteiger partial charge in [0.25, 0.3) is 0 Å². The number of carbonyl (C=O) groups is 4. The molecule has 42 heavy (non-hydrogen) atoms. The zero-order valence-electron chi connectivity index (χ0n) is 25.3. The number of methoxy groups -OCH3 is 1. The second-order valence-corrected chi connectivity index (χ2v) is 10.5. The molecule has 1 aromatic carbocycles. The third-order valence-corrected chi connectivity index (χ3v) is 7.39. The van der Waals surface area contributed by atoms with Crippen molar-refractivity contribution in [2.75, 3.05) is 46.6 Å². The summed E-state index contributed by atoms with van der Waals surface area (Å²) in [6, 6.07) is 4.65. The average molecular weight is 587 g/mol. The molecule has 0 radical (unpaired) electrons. The number of amides is 3. The lowest BCUT2D eigenvalue weighted by molar-refractivity contribution is -0.133. The van der Waals surface area contributed by atoms with Gasteiger partial charge in [-0.25, -0.2) is 0 Å². The van der Waals surface area contributed by atoms with Crippen molar-refractivity contribution in [3.63, 3.8) is 0 Å². The van der Waals surface area contributed by atoms with Crippen LogP contribution in [-0.4, -0.2) is 99.2 Å². The van der Waals surface area contributed by atoms with E-state index < -0.39 is 36.0 Å². The molecule has 4 rings (SSSR count). The van der Waals surface area contributed by atoms with Gasteiger partial charge in [-0.05, 0) is 50.3 Å². The van der Waals surface area contributed by atoms with Crippen molar-refractivity contribution < 1.29 is 33.4 Å². The summed E-state index contributed by atoms with van der Waals surface area (Å²) in [5, 5.41) is 8.41. The maximum Gasteiger partial charge on any atom is 0.243 e. The predicted molar refractivity (Wildman–Crippen MR) is 158 cm³/mol. The highest BCUT2D eigenvalue weighted by molar-refractivity contribution is 5.96. The monoisotopic (exact) mass is 586 g/mol. The molecule has 1 aromatic rings. The summed E-state index contributed by atoms with van der Waals surface area (Å²) in [6.07, 6.45) is 5.16. The third-order valence-electron chi connectivity index (χ3n) is 7.39. The highest BCUT2D eigenvalue weighted by Crippen LogP contribution is 2.24. The van der Waals surface area contributed by atoms with Gasteiger partial charge >= 0.3 is 0 Å². The third kappa shape index (κ3) is 10.5. The second kappa shape index (κ2) is 17.0. The molecule has 0 spiro atoms. The number of carbonyl (C=O) groups excluding carboxylic acids is 4. The van der Waals surface area contributed by atoms with Crippen LogP contribution in [0.25, 0.3) is 0 Å². The predicted octanol–water partition coefficient (Wildman–Crippen LogP) is 1.54. The van der Waals surface area contributed by atoms with E-state index in [1.54, 1.807) is 26.2 Å². The van der Waals surface area contributed by atoms with E-state index >= 15 is 0 Å². The lowest BCUT2D eigenvalue weighted by Crippen LogP contribution is -2.56. The number of benzene rings is 1. The Bertz CT molecular complexity index is 1080. The van der Waals surface area contributed by atoms with Crippen LogP contribution in [0.5, 0.6) is 5.75 Å². The van der Waals surface area contributed by atoms with E-state index in [-0.39, 0.29) is 24.7 Å². The maximum atomic E-state index is 13.6. The molecule has 3 N–H and O–H groups in total. The minimum atomic E-state index is -0.965. The lowest BCUT2D eigenvalue weighted by atomic mass is 9.98. The topological polar surface area (TPSA) is 139 Å². The van der Waals surface area contributed by atoms with E-state index in [4.69, 9.17) is 14.2 Å². The Hall–Kier alpha value is -3.28. The number of hydrogen-bond acceptors (Lipinski definition) is 8. The molecule has 1 aliphatic carbocycles. The molecule has 0 bridgehead atoms. The zero-order valence-corrected chi connectivity index (χ0v) is 25.3. The Morgan fingerprint density at radius 3 is 2.24 bits per heavy atom. The summed E-state index contributed by atoms with van der Waals surface area (Å²) in [7, 11) is 1.57. The number of ether oxygens (including phenoxy) is 3. The van der Waals surface area contributed by atoms with Crippen LogP contribution in [0.15, 0.2) is 35.9 Å². The number of morpholine rings is 1. The summed E-state index contributed by atoms with van der Waals surface area (Å²) < 4.78 is 15.7. The molecule has 3 amide bonds. The highest BCUT2D eigenvalue weighted by Gasteiger charge is 2.38. The standard InChI is InChI=1S/C29H40N4O7.C2H6/c1-19(30-26(34)17-33-11-13-39-14-12-33)28(36)32-24(16-21-7-9-22(38-2)10-8-21)29(37)31-23(27(35)25-18-40-25)15-20-5-3-4-6-20;1-2/h5,7-10,19,23-25H,3-4,6,11-18H2,1-2H3,(H,30,34)(H,31,37)(H,32,36);1-2H3. The van der Waals surface area contributed by atoms with Crippen molar-refractivity contribution in [2.24, 2.45) is 0 Å². The van der Waals surface area contributed by atoms with Gasteiger partial charge in [0.15, 0.2) is 5.78 Å². The summed E-state index contributed by atoms with van der Waals surface area (Å²) in [5.41, 5.74) is 1.95. The normalized spacial score (nSPS) is 20.1. The largest absolute Gasteiger partial charge is 0.497 e. The van der Waals surface area contributed by atoms with Crippen LogP contribution >= 0.6 is 0 Å². The molecule has 11 heteroatoms. The van der Waals surface area contributed by atoms with Gasteiger partial charge < -0.3 is 30.2 Å². The van der Waals surface area contributed by atoms with E-state index in [1.165, 1.54) is 0 Å². The van der Waals surface area contributed by atoms with Crippen molar-refractivity contribution in [2.45, 2.75) is 77.1 Å². The smallest absolute Gasteiger partial charge is 0.243 e. The quantitative estimate of drug-likeness (QED) is 0.221. The molecule has 2 heterocycles. The van der Waals surface area contributed by atoms with Crippen molar-refractivity contribution in [1.82, 2.24) is 20.9 Å². The minimum Gasteiger partial charge on any atom is -0.497 e. The van der Waals surface area contributed by atoms with E-state index in [1.807, 2.05) is 30.9 Å². The van der Waals surface area contributed by atoms with Crippen LogP contribution in [-0.2, 0) is 35.1 Å². The van der Waals surface area contributed by atoms with Gasteiger partial charge in [0.2, 0.25) is 17.7 Å². The highest BCUT2D eigenvalue weighted by atomic mass is 16.6. The first kappa shape index (κ1) is 33.2. The number of allylic oxidation sites excluding steroid dienone is 1. The van der Waals surface area contributed by atoms with Crippen LogP contribution in [0, 0.1) is 0 Å². The maximum absolute atomic E-state index is 13.6. The Morgan fingerprint density at radius 2 is 1.64 bits per heavy atom. The minimum absolute atomic E-state index is 0.153. The second-order valence-electron chi connectivity index (χ2n) is 10.5. The molecule has 4 unspecified atom stereocenters. The summed E-state index contributed by atoms with van der Waals surface area (Å²) >= 11 is 0. The van der Waals surface area contributed by atoms with Crippen molar-refractivity contribution >= 4 is 23.5 Å². The molecule has 4 atom stereocenters. The molecule has 2 saturated heterocycles. The molecule has 3 aliphatic rings. The number of Topliss-reactive ketones (excluding diaryl/α,β-unsaturated/α-hetero) is 1. The van der Waals surface area contributed by atoms with Crippen LogP contribution in [0.2, 0.25) is 0 Å². The number of ketones is 1. The van der Waals surface area contributed by atoms with Gasteiger partial charge in [-0.15, -0.1) is 0 Å². The van der Waals surface area contributed by atoms with Gasteiger partial charge in [0, 0.05) is 19.5 Å². The van der Waals surface area contributed by atoms with Crippen LogP contribution < -0.4 is 20.7 Å². The fourth-order valence-corrected chi connectivity index (χ4v) is 4.94. The number of nitrogens with one attached hydrogen (secondary N) is 3. The zero-order chi connectivity index (χ0) is 30.5. The van der Waals surface area contributed by atoms with Gasteiger partial charge in [-0.2, -0.15) is 0 Å². The summed E-state index contributed by atoms with van der Waals surface area (Å²) in [5.74, 6) is -0.713. The van der Waals surface area contributed by atoms with Crippen molar-refractivity contribution in [3.8, 4) is 5.75 Å². The Balaban J connectivity index is 0.00000237. The van der Waals surface area contributed by atoms with Crippen LogP contribution in [0.4, 0.5) is 0 Å². The molecular weight excluding hydrogens is 540 g/mol. The molecule has 2 fully saturated rings. The first-order valence-corrected chi connectivity index (χ1v) is 15.0. The lowest BCUT2D eigenvalue weighted by Gasteiger charge is -2.27. The van der Waals surface area contributed by atoms with Crippen LogP contribution in [0.3, 0.4) is 0 Å². The summed E-state index contributed by atoms with van der Waals surface area (Å²) in [4.78, 5) is 54.2. The number of epoxide rings is 1.